The Morgan fingerprint density at radius 2 is 0.824 bits per heavy atom. The first-order valence-corrected chi connectivity index (χ1v) is 4.81. The standard InChI is InChI=1S/C7H8O.C6H6O2.H2O/c1-6-2-4-7(8)5-3-6;7-5-1-2-6(8)4-3-5;/h2-5,8H,1H3;1-4,7-8H;1H2. The van der Waals surface area contributed by atoms with E-state index in [4.69, 9.17) is 15.3 Å². The summed E-state index contributed by atoms with van der Waals surface area (Å²) in [6.07, 6.45) is 0. The molecule has 0 aliphatic rings. The van der Waals surface area contributed by atoms with Crippen LogP contribution in [0.15, 0.2) is 48.5 Å². The second kappa shape index (κ2) is 7.14. The van der Waals surface area contributed by atoms with Crippen LogP contribution in [0.1, 0.15) is 5.56 Å². The third-order valence-corrected chi connectivity index (χ3v) is 1.88. The zero-order chi connectivity index (χ0) is 12.0. The molecular formula is C13H16O4. The van der Waals surface area contributed by atoms with Gasteiger partial charge in [-0.3, -0.25) is 0 Å². The third kappa shape index (κ3) is 6.06. The maximum Gasteiger partial charge on any atom is 0.115 e. The van der Waals surface area contributed by atoms with Gasteiger partial charge in [-0.25, -0.2) is 0 Å². The van der Waals surface area contributed by atoms with Crippen LogP contribution in [0.25, 0.3) is 0 Å². The minimum atomic E-state index is 0. The van der Waals surface area contributed by atoms with E-state index in [2.05, 4.69) is 0 Å². The van der Waals surface area contributed by atoms with Gasteiger partial charge >= 0.3 is 0 Å². The van der Waals surface area contributed by atoms with Gasteiger partial charge in [-0.05, 0) is 43.3 Å². The predicted molar refractivity (Wildman–Crippen MR) is 66.2 cm³/mol. The lowest BCUT2D eigenvalue weighted by Crippen LogP contribution is -1.66. The molecule has 2 aromatic rings. The first-order valence-electron chi connectivity index (χ1n) is 4.81. The lowest BCUT2D eigenvalue weighted by molar-refractivity contribution is 0.460. The molecule has 0 spiro atoms. The third-order valence-electron chi connectivity index (χ3n) is 1.88. The number of benzene rings is 2. The Morgan fingerprint density at radius 1 is 0.588 bits per heavy atom. The fraction of sp³-hybridized carbons (Fsp3) is 0.0769. The van der Waals surface area contributed by atoms with Gasteiger partial charge in [0.25, 0.3) is 0 Å². The Bertz CT molecular complexity index is 335. The van der Waals surface area contributed by atoms with Crippen LogP contribution in [-0.2, 0) is 0 Å². The molecule has 0 aliphatic carbocycles. The highest BCUT2D eigenvalue weighted by molar-refractivity contribution is 5.28. The molecule has 0 saturated heterocycles. The molecule has 4 heteroatoms. The molecule has 0 bridgehead atoms. The zero-order valence-electron chi connectivity index (χ0n) is 9.46. The molecule has 0 fully saturated rings. The molecule has 92 valence electrons. The molecule has 0 unspecified atom stereocenters. The minimum absolute atomic E-state index is 0. The molecule has 0 aliphatic heterocycles. The second-order valence-electron chi connectivity index (χ2n) is 3.35. The van der Waals surface area contributed by atoms with Gasteiger partial charge < -0.3 is 20.8 Å². The van der Waals surface area contributed by atoms with Crippen molar-refractivity contribution in [2.24, 2.45) is 0 Å². The quantitative estimate of drug-likeness (QED) is 0.610. The van der Waals surface area contributed by atoms with Crippen LogP contribution in [0.4, 0.5) is 0 Å². The number of rotatable bonds is 0. The Morgan fingerprint density at radius 3 is 1.06 bits per heavy atom. The normalized spacial score (nSPS) is 8.53. The maximum atomic E-state index is 8.76. The van der Waals surface area contributed by atoms with Crippen molar-refractivity contribution in [2.75, 3.05) is 0 Å². The summed E-state index contributed by atoms with van der Waals surface area (Å²) < 4.78 is 0. The summed E-state index contributed by atoms with van der Waals surface area (Å²) >= 11 is 0. The lowest BCUT2D eigenvalue weighted by Gasteiger charge is -1.89. The van der Waals surface area contributed by atoms with Gasteiger partial charge in [0.05, 0.1) is 0 Å². The molecule has 2 rings (SSSR count). The van der Waals surface area contributed by atoms with Crippen LogP contribution in [0.5, 0.6) is 17.2 Å². The highest BCUT2D eigenvalue weighted by atomic mass is 16.3. The number of aryl methyl sites for hydroxylation is 1. The van der Waals surface area contributed by atoms with E-state index in [9.17, 15) is 0 Å². The number of phenols is 3. The average molecular weight is 236 g/mol. The van der Waals surface area contributed by atoms with Crippen LogP contribution in [-0.4, -0.2) is 20.8 Å². The van der Waals surface area contributed by atoms with Crippen LogP contribution >= 0.6 is 0 Å². The molecule has 5 N–H and O–H groups in total. The van der Waals surface area contributed by atoms with Crippen molar-refractivity contribution in [1.82, 2.24) is 0 Å². The van der Waals surface area contributed by atoms with Crippen molar-refractivity contribution in [1.29, 1.82) is 0 Å². The Labute approximate surface area is 99.7 Å². The van der Waals surface area contributed by atoms with Gasteiger partial charge in [-0.15, -0.1) is 0 Å². The molecule has 0 radical (unpaired) electrons. The lowest BCUT2D eigenvalue weighted by atomic mass is 10.2. The molecule has 4 nitrogen and oxygen atoms in total. The monoisotopic (exact) mass is 236 g/mol. The molecule has 17 heavy (non-hydrogen) atoms. The summed E-state index contributed by atoms with van der Waals surface area (Å²) in [6, 6.07) is 12.8. The summed E-state index contributed by atoms with van der Waals surface area (Å²) in [5, 5.41) is 26.0. The van der Waals surface area contributed by atoms with Crippen molar-refractivity contribution in [2.45, 2.75) is 6.92 Å². The van der Waals surface area contributed by atoms with Crippen LogP contribution < -0.4 is 0 Å². The highest BCUT2D eigenvalue weighted by Crippen LogP contribution is 2.13. The molecule has 0 heterocycles. The van der Waals surface area contributed by atoms with Gasteiger partial charge in [0.1, 0.15) is 17.2 Å². The van der Waals surface area contributed by atoms with Gasteiger partial charge in [0.15, 0.2) is 0 Å². The Kier molecular flexibility index (Phi) is 6.21. The Balaban J connectivity index is 0.000000284. The molecule has 0 atom stereocenters. The average Bonchev–Trinajstić information content (AvgIpc) is 2.28. The minimum Gasteiger partial charge on any atom is -0.508 e. The SMILES string of the molecule is Cc1ccc(O)cc1.O.Oc1ccc(O)cc1. The topological polar surface area (TPSA) is 92.2 Å². The largest absolute Gasteiger partial charge is 0.508 e. The Hall–Kier alpha value is -2.20. The first kappa shape index (κ1) is 14.8. The van der Waals surface area contributed by atoms with Crippen molar-refractivity contribution in [3.8, 4) is 17.2 Å². The number of hydrogen-bond donors (Lipinski definition) is 3. The van der Waals surface area contributed by atoms with Crippen LogP contribution in [0, 0.1) is 6.92 Å². The van der Waals surface area contributed by atoms with Crippen LogP contribution in [0.3, 0.4) is 0 Å². The van der Waals surface area contributed by atoms with E-state index in [1.165, 1.54) is 29.8 Å². The number of phenolic OH excluding ortho intramolecular Hbond substituents is 3. The highest BCUT2D eigenvalue weighted by Gasteiger charge is 1.84. The van der Waals surface area contributed by atoms with Gasteiger partial charge in [-0.1, -0.05) is 17.7 Å². The number of hydrogen-bond acceptors (Lipinski definition) is 3. The van der Waals surface area contributed by atoms with Crippen molar-refractivity contribution in [3.05, 3.63) is 54.1 Å². The summed E-state index contributed by atoms with van der Waals surface area (Å²) in [4.78, 5) is 0. The summed E-state index contributed by atoms with van der Waals surface area (Å²) in [6.45, 7) is 1.99. The van der Waals surface area contributed by atoms with E-state index in [1.807, 2.05) is 19.1 Å². The van der Waals surface area contributed by atoms with E-state index in [0.717, 1.165) is 0 Å². The van der Waals surface area contributed by atoms with E-state index in [1.54, 1.807) is 12.1 Å². The molecule has 0 saturated carbocycles. The van der Waals surface area contributed by atoms with E-state index < -0.39 is 0 Å². The van der Waals surface area contributed by atoms with E-state index in [0.29, 0.717) is 5.75 Å². The van der Waals surface area contributed by atoms with E-state index >= 15 is 0 Å². The zero-order valence-corrected chi connectivity index (χ0v) is 9.46. The first-order chi connectivity index (χ1) is 7.58. The van der Waals surface area contributed by atoms with Crippen molar-refractivity contribution < 1.29 is 20.8 Å². The molecule has 0 amide bonds. The molecular weight excluding hydrogens is 220 g/mol. The molecule has 0 aromatic heterocycles. The van der Waals surface area contributed by atoms with E-state index in [-0.39, 0.29) is 17.0 Å². The summed E-state index contributed by atoms with van der Waals surface area (Å²) in [7, 11) is 0. The van der Waals surface area contributed by atoms with Crippen molar-refractivity contribution in [3.63, 3.8) is 0 Å². The maximum absolute atomic E-state index is 8.76. The second-order valence-corrected chi connectivity index (χ2v) is 3.35. The van der Waals surface area contributed by atoms with Crippen LogP contribution in [0.2, 0.25) is 0 Å². The number of aromatic hydroxyl groups is 3. The van der Waals surface area contributed by atoms with Gasteiger partial charge in [0, 0.05) is 0 Å². The predicted octanol–water partition coefficient (Wildman–Crippen LogP) is 1.97. The summed E-state index contributed by atoms with van der Waals surface area (Å²) in [5.74, 6) is 0.668. The summed E-state index contributed by atoms with van der Waals surface area (Å²) in [5.41, 5.74) is 1.17. The van der Waals surface area contributed by atoms with Gasteiger partial charge in [0.2, 0.25) is 0 Å². The fourth-order valence-electron chi connectivity index (χ4n) is 0.997. The smallest absolute Gasteiger partial charge is 0.115 e. The van der Waals surface area contributed by atoms with Gasteiger partial charge in [-0.2, -0.15) is 0 Å². The van der Waals surface area contributed by atoms with Crippen molar-refractivity contribution >= 4 is 0 Å². The fourth-order valence-corrected chi connectivity index (χ4v) is 0.997. The molecule has 2 aromatic carbocycles.